The molecular formula is C33H26O7. The van der Waals surface area contributed by atoms with Crippen LogP contribution in [0.15, 0.2) is 101 Å². The third kappa shape index (κ3) is 5.44. The summed E-state index contributed by atoms with van der Waals surface area (Å²) in [6.07, 6.45) is 3.13. The van der Waals surface area contributed by atoms with Gasteiger partial charge in [0.15, 0.2) is 5.78 Å². The molecule has 0 aliphatic rings. The number of ketones is 1. The van der Waals surface area contributed by atoms with Gasteiger partial charge in [0.25, 0.3) is 0 Å². The Morgan fingerprint density at radius 1 is 0.725 bits per heavy atom. The molecule has 0 N–H and O–H groups in total. The molecule has 0 unspecified atom stereocenters. The number of hydrogen-bond donors (Lipinski definition) is 0. The molecule has 1 aromatic heterocycles. The number of carbonyl (C=O) groups is 2. The SMILES string of the molecule is COc1ccc(OC)c(C(=O)/C=C/c2ccc(OC(=O)c3c(-c4ccccc4)oc4ccc(OC)cc34)cc2)c1. The van der Waals surface area contributed by atoms with E-state index < -0.39 is 5.97 Å². The topological polar surface area (TPSA) is 84.2 Å². The summed E-state index contributed by atoms with van der Waals surface area (Å²) in [5, 5.41) is 0.592. The first-order valence-corrected chi connectivity index (χ1v) is 12.4. The van der Waals surface area contributed by atoms with Crippen molar-refractivity contribution in [3.05, 3.63) is 114 Å². The Morgan fingerprint density at radius 2 is 1.40 bits per heavy atom. The van der Waals surface area contributed by atoms with E-state index >= 15 is 0 Å². The van der Waals surface area contributed by atoms with Crippen molar-refractivity contribution in [2.24, 2.45) is 0 Å². The Bertz CT molecular complexity index is 1700. The summed E-state index contributed by atoms with van der Waals surface area (Å²) in [7, 11) is 4.61. The van der Waals surface area contributed by atoms with E-state index in [9.17, 15) is 9.59 Å². The number of hydrogen-bond acceptors (Lipinski definition) is 7. The van der Waals surface area contributed by atoms with E-state index in [4.69, 9.17) is 23.4 Å². The number of fused-ring (bicyclic) bond motifs is 1. The van der Waals surface area contributed by atoms with E-state index in [1.165, 1.54) is 20.3 Å². The highest BCUT2D eigenvalue weighted by Gasteiger charge is 2.24. The molecule has 4 aromatic carbocycles. The van der Waals surface area contributed by atoms with Crippen molar-refractivity contribution in [1.82, 2.24) is 0 Å². The Morgan fingerprint density at radius 3 is 2.10 bits per heavy atom. The summed E-state index contributed by atoms with van der Waals surface area (Å²) >= 11 is 0. The number of esters is 1. The molecule has 0 amide bonds. The van der Waals surface area contributed by atoms with Crippen molar-refractivity contribution >= 4 is 28.8 Å². The molecule has 0 aliphatic carbocycles. The second-order valence-electron chi connectivity index (χ2n) is 8.76. The van der Waals surface area contributed by atoms with E-state index in [1.807, 2.05) is 30.3 Å². The molecule has 1 heterocycles. The molecule has 0 saturated carbocycles. The van der Waals surface area contributed by atoms with Crippen LogP contribution in [-0.4, -0.2) is 33.1 Å². The van der Waals surface area contributed by atoms with E-state index in [2.05, 4.69) is 0 Å². The molecule has 0 radical (unpaired) electrons. The van der Waals surface area contributed by atoms with Crippen LogP contribution in [0, 0.1) is 0 Å². The Kier molecular flexibility index (Phi) is 7.64. The first-order valence-electron chi connectivity index (χ1n) is 12.4. The van der Waals surface area contributed by atoms with Gasteiger partial charge in [0.2, 0.25) is 0 Å². The van der Waals surface area contributed by atoms with E-state index in [-0.39, 0.29) is 5.78 Å². The Labute approximate surface area is 231 Å². The van der Waals surface area contributed by atoms with Gasteiger partial charge in [0.05, 0.1) is 26.9 Å². The predicted molar refractivity (Wildman–Crippen MR) is 153 cm³/mol. The average Bonchev–Trinajstić information content (AvgIpc) is 3.39. The summed E-state index contributed by atoms with van der Waals surface area (Å²) in [4.78, 5) is 26.3. The molecule has 200 valence electrons. The number of furan rings is 1. The minimum absolute atomic E-state index is 0.234. The van der Waals surface area contributed by atoms with Gasteiger partial charge in [-0.25, -0.2) is 4.79 Å². The summed E-state index contributed by atoms with van der Waals surface area (Å²) < 4.78 is 27.7. The summed E-state index contributed by atoms with van der Waals surface area (Å²) in [5.74, 6) is 1.58. The van der Waals surface area contributed by atoms with E-state index in [0.717, 1.165) is 11.1 Å². The lowest BCUT2D eigenvalue weighted by Gasteiger charge is -2.08. The van der Waals surface area contributed by atoms with Crippen LogP contribution in [0.5, 0.6) is 23.0 Å². The number of benzene rings is 4. The van der Waals surface area contributed by atoms with Gasteiger partial charge in [0, 0.05) is 10.9 Å². The van der Waals surface area contributed by atoms with Crippen molar-refractivity contribution in [2.45, 2.75) is 0 Å². The van der Waals surface area contributed by atoms with Gasteiger partial charge in [-0.05, 0) is 60.2 Å². The maximum Gasteiger partial charge on any atom is 0.348 e. The molecule has 0 spiro atoms. The second kappa shape index (κ2) is 11.6. The van der Waals surface area contributed by atoms with Crippen LogP contribution in [0.2, 0.25) is 0 Å². The molecule has 0 aliphatic heterocycles. The number of allylic oxidation sites excluding steroid dienone is 1. The highest BCUT2D eigenvalue weighted by atomic mass is 16.5. The van der Waals surface area contributed by atoms with Gasteiger partial charge in [-0.2, -0.15) is 0 Å². The highest BCUT2D eigenvalue weighted by Crippen LogP contribution is 2.36. The first-order chi connectivity index (χ1) is 19.5. The van der Waals surface area contributed by atoms with E-state index in [1.54, 1.807) is 73.8 Å². The van der Waals surface area contributed by atoms with Crippen molar-refractivity contribution in [1.29, 1.82) is 0 Å². The Hall–Kier alpha value is -5.30. The summed E-state index contributed by atoms with van der Waals surface area (Å²) in [6.45, 7) is 0. The van der Waals surface area contributed by atoms with Gasteiger partial charge in [-0.15, -0.1) is 0 Å². The standard InChI is InChI=1S/C33H26O7/c1-36-24-14-17-29(38-3)26(19-24)28(34)16-11-21-9-12-23(13-10-21)39-33(35)31-27-20-25(37-2)15-18-30(27)40-32(31)22-7-5-4-6-8-22/h4-20H,1-3H3/b16-11+. The van der Waals surface area contributed by atoms with Crippen molar-refractivity contribution in [3.8, 4) is 34.3 Å². The van der Waals surface area contributed by atoms with Gasteiger partial charge in [-0.1, -0.05) is 48.5 Å². The van der Waals surface area contributed by atoms with Crippen molar-refractivity contribution in [2.75, 3.05) is 21.3 Å². The summed E-state index contributed by atoms with van der Waals surface area (Å²) in [6, 6.07) is 26.6. The monoisotopic (exact) mass is 534 g/mol. The zero-order valence-electron chi connectivity index (χ0n) is 22.2. The van der Waals surface area contributed by atoms with Crippen LogP contribution in [-0.2, 0) is 0 Å². The highest BCUT2D eigenvalue weighted by molar-refractivity contribution is 6.10. The van der Waals surface area contributed by atoms with Gasteiger partial charge < -0.3 is 23.4 Å². The summed E-state index contributed by atoms with van der Waals surface area (Å²) in [5.41, 5.74) is 2.74. The third-order valence-corrected chi connectivity index (χ3v) is 6.33. The maximum absolute atomic E-state index is 13.4. The molecule has 0 bridgehead atoms. The van der Waals surface area contributed by atoms with Crippen LogP contribution >= 0.6 is 0 Å². The lowest BCUT2D eigenvalue weighted by molar-refractivity contribution is 0.0736. The first kappa shape index (κ1) is 26.3. The fraction of sp³-hybridized carbons (Fsp3) is 0.0909. The van der Waals surface area contributed by atoms with Crippen molar-refractivity contribution < 1.29 is 33.0 Å². The fourth-order valence-corrected chi connectivity index (χ4v) is 4.27. The fourth-order valence-electron chi connectivity index (χ4n) is 4.27. The van der Waals surface area contributed by atoms with Crippen LogP contribution in [0.4, 0.5) is 0 Å². The zero-order chi connectivity index (χ0) is 28.1. The third-order valence-electron chi connectivity index (χ3n) is 6.33. The van der Waals surface area contributed by atoms with Crippen LogP contribution in [0.25, 0.3) is 28.4 Å². The quantitative estimate of drug-likeness (QED) is 0.0853. The molecule has 0 fully saturated rings. The van der Waals surface area contributed by atoms with Gasteiger partial charge in [0.1, 0.15) is 39.9 Å². The van der Waals surface area contributed by atoms with E-state index in [0.29, 0.717) is 50.9 Å². The molecule has 5 aromatic rings. The zero-order valence-corrected chi connectivity index (χ0v) is 22.2. The number of carbonyl (C=O) groups excluding carboxylic acids is 2. The van der Waals surface area contributed by atoms with Gasteiger partial charge in [-0.3, -0.25) is 4.79 Å². The molecular weight excluding hydrogens is 508 g/mol. The number of rotatable bonds is 9. The minimum Gasteiger partial charge on any atom is -0.497 e. The van der Waals surface area contributed by atoms with Crippen LogP contribution < -0.4 is 18.9 Å². The van der Waals surface area contributed by atoms with Crippen molar-refractivity contribution in [3.63, 3.8) is 0 Å². The lowest BCUT2D eigenvalue weighted by atomic mass is 10.1. The number of methoxy groups -OCH3 is 3. The maximum atomic E-state index is 13.4. The van der Waals surface area contributed by atoms with Crippen LogP contribution in [0.3, 0.4) is 0 Å². The molecule has 0 saturated heterocycles. The second-order valence-corrected chi connectivity index (χ2v) is 8.76. The number of ether oxygens (including phenoxy) is 4. The smallest absolute Gasteiger partial charge is 0.348 e. The van der Waals surface area contributed by atoms with Crippen LogP contribution in [0.1, 0.15) is 26.3 Å². The minimum atomic E-state index is -0.561. The molecule has 7 nitrogen and oxygen atoms in total. The normalized spacial score (nSPS) is 11.0. The molecule has 0 atom stereocenters. The largest absolute Gasteiger partial charge is 0.497 e. The molecule has 7 heteroatoms. The van der Waals surface area contributed by atoms with Gasteiger partial charge >= 0.3 is 5.97 Å². The average molecular weight is 535 g/mol. The lowest BCUT2D eigenvalue weighted by Crippen LogP contribution is -2.09. The molecule has 5 rings (SSSR count). The Balaban J connectivity index is 1.38. The molecule has 40 heavy (non-hydrogen) atoms. The predicted octanol–water partition coefficient (Wildman–Crippen LogP) is 7.24.